The van der Waals surface area contributed by atoms with Crippen LogP contribution in [0.15, 0.2) is 42.6 Å². The number of nitrogens with zero attached hydrogens (tertiary/aromatic N) is 2. The van der Waals surface area contributed by atoms with Crippen LogP contribution < -0.4 is 14.8 Å². The molecular weight excluding hydrogens is 390 g/mol. The molecule has 1 N–H and O–H groups in total. The number of benzene rings is 1. The average molecular weight is 426 g/mol. The van der Waals surface area contributed by atoms with Crippen molar-refractivity contribution in [3.05, 3.63) is 53.9 Å². The first-order valence-electron chi connectivity index (χ1n) is 11.0. The maximum atomic E-state index is 12.8. The van der Waals surface area contributed by atoms with E-state index in [1.165, 1.54) is 0 Å². The van der Waals surface area contributed by atoms with Crippen LogP contribution in [-0.2, 0) is 11.3 Å². The Morgan fingerprint density at radius 3 is 2.48 bits per heavy atom. The highest BCUT2D eigenvalue weighted by molar-refractivity contribution is 5.81. The van der Waals surface area contributed by atoms with Gasteiger partial charge in [0, 0.05) is 23.7 Å². The number of nitrogens with one attached hydrogen (secondary N) is 1. The van der Waals surface area contributed by atoms with Crippen molar-refractivity contribution >= 4 is 5.91 Å². The van der Waals surface area contributed by atoms with Crippen molar-refractivity contribution in [1.29, 1.82) is 0 Å². The number of hydrogen-bond donors (Lipinski definition) is 1. The molecule has 1 aliphatic rings. The van der Waals surface area contributed by atoms with Gasteiger partial charge in [-0.2, -0.15) is 0 Å². The molecule has 1 fully saturated rings. The highest BCUT2D eigenvalue weighted by Gasteiger charge is 2.32. The van der Waals surface area contributed by atoms with Crippen LogP contribution in [0.4, 0.5) is 0 Å². The lowest BCUT2D eigenvalue weighted by Crippen LogP contribution is -2.44. The molecule has 3 rings (SSSR count). The molecule has 0 saturated carbocycles. The first kappa shape index (κ1) is 23.1. The summed E-state index contributed by atoms with van der Waals surface area (Å²) in [6.45, 7) is 8.57. The Hall–Kier alpha value is -2.60. The molecule has 31 heavy (non-hydrogen) atoms. The molecule has 1 aromatic heterocycles. The van der Waals surface area contributed by atoms with Gasteiger partial charge in [-0.3, -0.25) is 14.7 Å². The van der Waals surface area contributed by atoms with Crippen LogP contribution in [0.2, 0.25) is 0 Å². The number of rotatable bonds is 7. The number of aromatic nitrogens is 1. The molecule has 0 bridgehead atoms. The Labute approximate surface area is 186 Å². The van der Waals surface area contributed by atoms with Crippen molar-refractivity contribution in [2.45, 2.75) is 46.2 Å². The number of hydrogen-bond acceptors (Lipinski definition) is 5. The lowest BCUT2D eigenvalue weighted by molar-refractivity contribution is -0.129. The van der Waals surface area contributed by atoms with Gasteiger partial charge in [-0.15, -0.1) is 0 Å². The van der Waals surface area contributed by atoms with Crippen LogP contribution >= 0.6 is 0 Å². The summed E-state index contributed by atoms with van der Waals surface area (Å²) in [6.07, 6.45) is 3.80. The zero-order valence-electron chi connectivity index (χ0n) is 19.4. The normalized spacial score (nSPS) is 16.5. The van der Waals surface area contributed by atoms with E-state index in [0.29, 0.717) is 5.92 Å². The first-order chi connectivity index (χ1) is 14.8. The van der Waals surface area contributed by atoms with Crippen molar-refractivity contribution in [3.8, 4) is 11.5 Å². The molecule has 1 saturated heterocycles. The number of pyridine rings is 1. The van der Waals surface area contributed by atoms with Crippen molar-refractivity contribution < 1.29 is 14.3 Å². The van der Waals surface area contributed by atoms with Gasteiger partial charge < -0.3 is 14.8 Å². The van der Waals surface area contributed by atoms with E-state index in [1.807, 2.05) is 57.2 Å². The van der Waals surface area contributed by atoms with E-state index < -0.39 is 5.41 Å². The monoisotopic (exact) mass is 425 g/mol. The molecule has 2 aromatic rings. The molecule has 2 heterocycles. The second-order valence-electron chi connectivity index (χ2n) is 9.25. The molecule has 168 valence electrons. The molecule has 0 radical (unpaired) electrons. The second kappa shape index (κ2) is 10.1. The summed E-state index contributed by atoms with van der Waals surface area (Å²) in [4.78, 5) is 19.8. The quantitative estimate of drug-likeness (QED) is 0.720. The van der Waals surface area contributed by atoms with Gasteiger partial charge in [0.1, 0.15) is 11.5 Å². The highest BCUT2D eigenvalue weighted by Crippen LogP contribution is 2.33. The SMILES string of the molecule is COc1ccc(OC)c(CN2CCC([C@@H](NC(=O)C(C)(C)C)c3ccccn3)CC2)c1. The zero-order valence-corrected chi connectivity index (χ0v) is 19.4. The van der Waals surface area contributed by atoms with Gasteiger partial charge in [0.25, 0.3) is 0 Å². The Kier molecular flexibility index (Phi) is 7.55. The maximum Gasteiger partial charge on any atom is 0.225 e. The van der Waals surface area contributed by atoms with Gasteiger partial charge in [0.15, 0.2) is 0 Å². The summed E-state index contributed by atoms with van der Waals surface area (Å²) in [7, 11) is 3.38. The molecule has 1 aromatic carbocycles. The molecular formula is C25H35N3O3. The first-order valence-corrected chi connectivity index (χ1v) is 11.0. The van der Waals surface area contributed by atoms with E-state index in [2.05, 4.69) is 15.2 Å². The minimum absolute atomic E-state index is 0.0618. The predicted octanol–water partition coefficient (Wildman–Crippen LogP) is 4.21. The third-order valence-corrected chi connectivity index (χ3v) is 5.96. The van der Waals surface area contributed by atoms with Crippen LogP contribution in [-0.4, -0.2) is 43.1 Å². The largest absolute Gasteiger partial charge is 0.497 e. The van der Waals surface area contributed by atoms with Gasteiger partial charge in [0.05, 0.1) is 26.0 Å². The molecule has 6 nitrogen and oxygen atoms in total. The molecule has 1 atom stereocenters. The zero-order chi connectivity index (χ0) is 22.4. The topological polar surface area (TPSA) is 63.7 Å². The Bertz CT molecular complexity index is 856. The van der Waals surface area contributed by atoms with Gasteiger partial charge in [-0.25, -0.2) is 0 Å². The van der Waals surface area contributed by atoms with Crippen molar-refractivity contribution in [3.63, 3.8) is 0 Å². The maximum absolute atomic E-state index is 12.8. The van der Waals surface area contributed by atoms with Crippen LogP contribution in [0.25, 0.3) is 0 Å². The van der Waals surface area contributed by atoms with Crippen molar-refractivity contribution in [2.75, 3.05) is 27.3 Å². The average Bonchev–Trinajstić information content (AvgIpc) is 2.78. The Morgan fingerprint density at radius 2 is 1.90 bits per heavy atom. The molecule has 6 heteroatoms. The van der Waals surface area contributed by atoms with Gasteiger partial charge in [-0.1, -0.05) is 26.8 Å². The van der Waals surface area contributed by atoms with E-state index in [1.54, 1.807) is 20.4 Å². The minimum Gasteiger partial charge on any atom is -0.497 e. The van der Waals surface area contributed by atoms with Gasteiger partial charge in [-0.05, 0) is 62.2 Å². The number of ether oxygens (including phenoxy) is 2. The number of methoxy groups -OCH3 is 2. The number of carbonyl (C=O) groups is 1. The molecule has 0 unspecified atom stereocenters. The predicted molar refractivity (Wildman–Crippen MR) is 122 cm³/mol. The van der Waals surface area contributed by atoms with Crippen LogP contribution in [0, 0.1) is 11.3 Å². The summed E-state index contributed by atoms with van der Waals surface area (Å²) in [5.74, 6) is 2.13. The van der Waals surface area contributed by atoms with E-state index >= 15 is 0 Å². The molecule has 1 amide bonds. The van der Waals surface area contributed by atoms with Crippen molar-refractivity contribution in [2.24, 2.45) is 11.3 Å². The van der Waals surface area contributed by atoms with Crippen LogP contribution in [0.5, 0.6) is 11.5 Å². The van der Waals surface area contributed by atoms with E-state index in [-0.39, 0.29) is 11.9 Å². The molecule has 0 aliphatic carbocycles. The number of carbonyl (C=O) groups excluding carboxylic acids is 1. The van der Waals surface area contributed by atoms with E-state index in [0.717, 1.165) is 55.2 Å². The summed E-state index contributed by atoms with van der Waals surface area (Å²) in [6, 6.07) is 11.8. The van der Waals surface area contributed by atoms with Crippen LogP contribution in [0.3, 0.4) is 0 Å². The van der Waals surface area contributed by atoms with Crippen LogP contribution in [0.1, 0.15) is 50.9 Å². The number of amides is 1. The fraction of sp³-hybridized carbons (Fsp3) is 0.520. The Balaban J connectivity index is 1.69. The summed E-state index contributed by atoms with van der Waals surface area (Å²) in [5, 5.41) is 3.28. The third-order valence-electron chi connectivity index (χ3n) is 5.96. The summed E-state index contributed by atoms with van der Waals surface area (Å²) >= 11 is 0. The minimum atomic E-state index is -0.434. The molecule has 0 spiro atoms. The van der Waals surface area contributed by atoms with E-state index in [9.17, 15) is 4.79 Å². The summed E-state index contributed by atoms with van der Waals surface area (Å²) < 4.78 is 10.9. The van der Waals surface area contributed by atoms with E-state index in [4.69, 9.17) is 9.47 Å². The number of piperidine rings is 1. The lowest BCUT2D eigenvalue weighted by atomic mass is 9.85. The lowest BCUT2D eigenvalue weighted by Gasteiger charge is -2.37. The smallest absolute Gasteiger partial charge is 0.225 e. The standard InChI is InChI=1S/C25H35N3O3/c1-25(2,3)24(29)27-23(21-8-6-7-13-26-21)18-11-14-28(15-12-18)17-19-16-20(30-4)9-10-22(19)31-5/h6-10,13,16,18,23H,11-12,14-15,17H2,1-5H3,(H,27,29)/t23-/m1/s1. The van der Waals surface area contributed by atoms with Gasteiger partial charge >= 0.3 is 0 Å². The highest BCUT2D eigenvalue weighted by atomic mass is 16.5. The fourth-order valence-corrected chi connectivity index (χ4v) is 4.04. The second-order valence-corrected chi connectivity index (χ2v) is 9.25. The number of likely N-dealkylation sites (tertiary alicyclic amines) is 1. The van der Waals surface area contributed by atoms with Gasteiger partial charge in [0.2, 0.25) is 5.91 Å². The fourth-order valence-electron chi connectivity index (χ4n) is 4.04. The third kappa shape index (κ3) is 5.97. The summed E-state index contributed by atoms with van der Waals surface area (Å²) in [5.41, 5.74) is 1.63. The van der Waals surface area contributed by atoms with Crippen molar-refractivity contribution in [1.82, 2.24) is 15.2 Å². The Morgan fingerprint density at radius 1 is 1.16 bits per heavy atom. The molecule has 1 aliphatic heterocycles.